The molecule has 0 aromatic carbocycles. The third-order valence-electron chi connectivity index (χ3n) is 2.04. The molecule has 0 radical (unpaired) electrons. The van der Waals surface area contributed by atoms with Crippen molar-refractivity contribution >= 4 is 10.9 Å². The number of hydrogen-bond donors (Lipinski definition) is 0. The highest BCUT2D eigenvalue weighted by atomic mass is 32.2. The van der Waals surface area contributed by atoms with Gasteiger partial charge in [-0.15, -0.1) is 0 Å². The molecule has 54 valence electrons. The molecule has 0 aromatic heterocycles. The maximum atomic E-state index is 2.36. The zero-order valence-corrected chi connectivity index (χ0v) is 7.34. The fraction of sp³-hybridized carbons (Fsp3) is 1.00. The molecule has 1 aliphatic rings. The van der Waals surface area contributed by atoms with Gasteiger partial charge in [-0.3, -0.25) is 0 Å². The lowest BCUT2D eigenvalue weighted by Crippen LogP contribution is -2.10. The summed E-state index contributed by atoms with van der Waals surface area (Å²) in [6.45, 7) is 0. The van der Waals surface area contributed by atoms with Crippen LogP contribution >= 0.6 is 0 Å². The van der Waals surface area contributed by atoms with Gasteiger partial charge in [0.1, 0.15) is 5.75 Å². The van der Waals surface area contributed by atoms with Gasteiger partial charge >= 0.3 is 0 Å². The van der Waals surface area contributed by atoms with E-state index in [1.54, 1.807) is 0 Å². The maximum Gasteiger partial charge on any atom is 0.110 e. The normalized spacial score (nSPS) is 21.7. The van der Waals surface area contributed by atoms with Gasteiger partial charge in [0.05, 0.1) is 12.5 Å². The predicted octanol–water partition coefficient (Wildman–Crippen LogP) is 2.05. The van der Waals surface area contributed by atoms with Crippen LogP contribution in [0, 0.1) is 5.92 Å². The van der Waals surface area contributed by atoms with E-state index in [4.69, 9.17) is 0 Å². The molecule has 0 bridgehead atoms. The Balaban J connectivity index is 2.11. The Hall–Kier alpha value is 0.350. The van der Waals surface area contributed by atoms with Crippen LogP contribution in [0.3, 0.4) is 0 Å². The summed E-state index contributed by atoms with van der Waals surface area (Å²) >= 11 is 0. The predicted molar refractivity (Wildman–Crippen MR) is 46.0 cm³/mol. The minimum absolute atomic E-state index is 0.695. The van der Waals surface area contributed by atoms with Crippen LogP contribution in [0.1, 0.15) is 25.7 Å². The molecule has 1 aliphatic carbocycles. The molecule has 0 nitrogen and oxygen atoms in total. The molecule has 0 N–H and O–H groups in total. The van der Waals surface area contributed by atoms with Crippen LogP contribution in [0.25, 0.3) is 0 Å². The van der Waals surface area contributed by atoms with Gasteiger partial charge in [0.2, 0.25) is 0 Å². The van der Waals surface area contributed by atoms with Gasteiger partial charge < -0.3 is 0 Å². The lowest BCUT2D eigenvalue weighted by atomic mass is 10.1. The summed E-state index contributed by atoms with van der Waals surface area (Å²) < 4.78 is 0. The van der Waals surface area contributed by atoms with E-state index in [-0.39, 0.29) is 0 Å². The second-order valence-corrected chi connectivity index (χ2v) is 5.61. The van der Waals surface area contributed by atoms with Crippen molar-refractivity contribution in [3.8, 4) is 0 Å². The SMILES string of the molecule is C[S+](C)CC1CCCC1. The van der Waals surface area contributed by atoms with Crippen LogP contribution in [-0.4, -0.2) is 18.3 Å². The first kappa shape index (κ1) is 7.46. The van der Waals surface area contributed by atoms with Crippen molar-refractivity contribution < 1.29 is 0 Å². The third-order valence-corrected chi connectivity index (χ3v) is 3.18. The van der Waals surface area contributed by atoms with Gasteiger partial charge in [-0.25, -0.2) is 0 Å². The Morgan fingerprint density at radius 3 is 2.22 bits per heavy atom. The second kappa shape index (κ2) is 3.50. The molecule has 0 aliphatic heterocycles. The van der Waals surface area contributed by atoms with Crippen LogP contribution in [0.15, 0.2) is 0 Å². The highest BCUT2D eigenvalue weighted by molar-refractivity contribution is 7.95. The topological polar surface area (TPSA) is 0 Å². The lowest BCUT2D eigenvalue weighted by Gasteiger charge is -2.03. The summed E-state index contributed by atoms with van der Waals surface area (Å²) in [5, 5.41) is 0. The first-order valence-corrected chi connectivity index (χ1v) is 6.04. The molecular formula is C8H17S+. The summed E-state index contributed by atoms with van der Waals surface area (Å²) in [6.07, 6.45) is 10.8. The van der Waals surface area contributed by atoms with E-state index in [1.807, 2.05) is 0 Å². The Labute approximate surface area is 61.4 Å². The number of rotatable bonds is 2. The Bertz CT molecular complexity index is 72.6. The fourth-order valence-corrected chi connectivity index (χ4v) is 2.92. The summed E-state index contributed by atoms with van der Waals surface area (Å²) in [5.74, 6) is 2.60. The van der Waals surface area contributed by atoms with Crippen molar-refractivity contribution in [2.45, 2.75) is 25.7 Å². The van der Waals surface area contributed by atoms with Crippen LogP contribution < -0.4 is 0 Å². The molecule has 1 saturated carbocycles. The van der Waals surface area contributed by atoms with Crippen LogP contribution in [0.2, 0.25) is 0 Å². The van der Waals surface area contributed by atoms with Gasteiger partial charge in [-0.05, 0) is 23.7 Å². The van der Waals surface area contributed by atoms with Crippen molar-refractivity contribution in [2.24, 2.45) is 5.92 Å². The zero-order valence-electron chi connectivity index (χ0n) is 6.52. The zero-order chi connectivity index (χ0) is 6.69. The standard InChI is InChI=1S/C8H17S/c1-9(2)7-8-5-3-4-6-8/h8H,3-7H2,1-2H3/q+1. The van der Waals surface area contributed by atoms with Crippen molar-refractivity contribution in [3.63, 3.8) is 0 Å². The van der Waals surface area contributed by atoms with E-state index >= 15 is 0 Å². The molecule has 0 saturated heterocycles. The van der Waals surface area contributed by atoms with Crippen LogP contribution in [0.5, 0.6) is 0 Å². The van der Waals surface area contributed by atoms with E-state index in [1.165, 1.54) is 31.4 Å². The highest BCUT2D eigenvalue weighted by Gasteiger charge is 2.19. The average molecular weight is 145 g/mol. The summed E-state index contributed by atoms with van der Waals surface area (Å²) in [7, 11) is 0.695. The summed E-state index contributed by atoms with van der Waals surface area (Å²) in [5.41, 5.74) is 0. The number of hydrogen-bond acceptors (Lipinski definition) is 0. The molecule has 0 atom stereocenters. The highest BCUT2D eigenvalue weighted by Crippen LogP contribution is 2.25. The smallest absolute Gasteiger partial charge is 0.0529 e. The van der Waals surface area contributed by atoms with Crippen molar-refractivity contribution in [1.29, 1.82) is 0 Å². The summed E-state index contributed by atoms with van der Waals surface area (Å²) in [4.78, 5) is 0. The quantitative estimate of drug-likeness (QED) is 0.522. The van der Waals surface area contributed by atoms with Gasteiger partial charge in [0.15, 0.2) is 0 Å². The van der Waals surface area contributed by atoms with Gasteiger partial charge in [0.25, 0.3) is 0 Å². The van der Waals surface area contributed by atoms with E-state index in [9.17, 15) is 0 Å². The first-order valence-electron chi connectivity index (χ1n) is 3.83. The van der Waals surface area contributed by atoms with E-state index in [2.05, 4.69) is 12.5 Å². The minimum Gasteiger partial charge on any atom is -0.0529 e. The van der Waals surface area contributed by atoms with Crippen LogP contribution in [0.4, 0.5) is 0 Å². The van der Waals surface area contributed by atoms with Gasteiger partial charge in [-0.1, -0.05) is 12.8 Å². The van der Waals surface area contributed by atoms with Gasteiger partial charge in [-0.2, -0.15) is 0 Å². The minimum atomic E-state index is 0.695. The molecule has 1 heteroatoms. The largest absolute Gasteiger partial charge is 0.110 e. The average Bonchev–Trinajstić information content (AvgIpc) is 2.15. The Kier molecular flexibility index (Phi) is 2.90. The monoisotopic (exact) mass is 145 g/mol. The molecule has 1 fully saturated rings. The molecular weight excluding hydrogens is 128 g/mol. The molecule has 1 rings (SSSR count). The first-order chi connectivity index (χ1) is 4.29. The molecule has 0 amide bonds. The molecule has 0 heterocycles. The summed E-state index contributed by atoms with van der Waals surface area (Å²) in [6, 6.07) is 0. The van der Waals surface area contributed by atoms with E-state index < -0.39 is 0 Å². The fourth-order valence-electron chi connectivity index (χ4n) is 1.65. The van der Waals surface area contributed by atoms with E-state index in [0.29, 0.717) is 10.9 Å². The van der Waals surface area contributed by atoms with Gasteiger partial charge in [0, 0.05) is 5.92 Å². The molecule has 0 unspecified atom stereocenters. The Morgan fingerprint density at radius 2 is 1.78 bits per heavy atom. The Morgan fingerprint density at radius 1 is 1.22 bits per heavy atom. The van der Waals surface area contributed by atoms with Crippen molar-refractivity contribution in [3.05, 3.63) is 0 Å². The second-order valence-electron chi connectivity index (χ2n) is 3.30. The van der Waals surface area contributed by atoms with Crippen LogP contribution in [-0.2, 0) is 10.9 Å². The molecule has 0 spiro atoms. The maximum absolute atomic E-state index is 2.36. The molecule has 0 aromatic rings. The lowest BCUT2D eigenvalue weighted by molar-refractivity contribution is 0.621. The third kappa shape index (κ3) is 2.61. The van der Waals surface area contributed by atoms with Crippen molar-refractivity contribution in [1.82, 2.24) is 0 Å². The van der Waals surface area contributed by atoms with E-state index in [0.717, 1.165) is 5.92 Å². The molecule has 9 heavy (non-hydrogen) atoms. The van der Waals surface area contributed by atoms with Crippen molar-refractivity contribution in [2.75, 3.05) is 18.3 Å².